The van der Waals surface area contributed by atoms with Gasteiger partial charge in [0.15, 0.2) is 12.1 Å². The fraction of sp³-hybridized carbons (Fsp3) is 0.800. The summed E-state index contributed by atoms with van der Waals surface area (Å²) < 4.78 is 17.6. The molecule has 0 aromatic rings. The fourth-order valence-electron chi connectivity index (χ4n) is 2.48. The topological polar surface area (TPSA) is 84.9 Å². The quantitative estimate of drug-likeness (QED) is 0.490. The number of carbonyl (C=O) groups excluding carboxylic acids is 3. The molecule has 132 valence electrons. The first-order chi connectivity index (χ1) is 11.1. The number of nitrogens with zero attached hydrogens (tertiary/aromatic N) is 1. The van der Waals surface area contributed by atoms with Gasteiger partial charge in [-0.25, -0.2) is 9.59 Å². The third kappa shape index (κ3) is 5.46. The van der Waals surface area contributed by atoms with Crippen LogP contribution in [0.3, 0.4) is 0 Å². The van der Waals surface area contributed by atoms with Crippen LogP contribution in [0, 0.1) is 5.92 Å². The molecule has 0 radical (unpaired) electrons. The molecular formula is C15H25FN2O5. The van der Waals surface area contributed by atoms with E-state index in [-0.39, 0.29) is 13.2 Å². The number of rotatable bonds is 10. The second-order valence-corrected chi connectivity index (χ2v) is 5.47. The summed E-state index contributed by atoms with van der Waals surface area (Å²) in [6, 6.07) is -0.659. The first-order valence-electron chi connectivity index (χ1n) is 8.12. The van der Waals surface area contributed by atoms with Gasteiger partial charge in [-0.1, -0.05) is 39.0 Å². The summed E-state index contributed by atoms with van der Waals surface area (Å²) in [6.45, 7) is 4.06. The monoisotopic (exact) mass is 332 g/mol. The highest BCUT2D eigenvalue weighted by Gasteiger charge is 2.47. The smallest absolute Gasteiger partial charge is 0.357 e. The largest absolute Gasteiger partial charge is 0.365 e. The summed E-state index contributed by atoms with van der Waals surface area (Å²) >= 11 is 0. The predicted molar refractivity (Wildman–Crippen MR) is 79.7 cm³/mol. The van der Waals surface area contributed by atoms with E-state index >= 15 is 0 Å². The van der Waals surface area contributed by atoms with Gasteiger partial charge in [0.25, 0.3) is 0 Å². The lowest BCUT2D eigenvalue weighted by atomic mass is 10.0. The molecule has 8 heteroatoms. The number of imide groups is 1. The Bertz CT molecular complexity index is 419. The molecule has 1 aliphatic heterocycles. The van der Waals surface area contributed by atoms with Crippen LogP contribution in [0.5, 0.6) is 0 Å². The standard InChI is InChI=1S/C15H25FN2O5/c1-3-5-6-7-8-9-10-22-12-11(14(20)23-16)13(19)18(4-2)15(21)17-12/h11-12H,3-10H2,1-2H3,(H,17,21). The van der Waals surface area contributed by atoms with Crippen LogP contribution in [0.4, 0.5) is 9.32 Å². The molecule has 1 heterocycles. The maximum absolute atomic E-state index is 12.2. The first-order valence-corrected chi connectivity index (χ1v) is 8.12. The average Bonchev–Trinajstić information content (AvgIpc) is 2.53. The van der Waals surface area contributed by atoms with Crippen molar-refractivity contribution in [3.8, 4) is 0 Å². The van der Waals surface area contributed by atoms with E-state index in [4.69, 9.17) is 4.74 Å². The van der Waals surface area contributed by atoms with Crippen LogP contribution in [0.15, 0.2) is 0 Å². The van der Waals surface area contributed by atoms with Gasteiger partial charge in [-0.15, -0.1) is 0 Å². The van der Waals surface area contributed by atoms with Crippen molar-refractivity contribution in [2.45, 2.75) is 58.6 Å². The number of ether oxygens (including phenoxy) is 1. The highest BCUT2D eigenvalue weighted by atomic mass is 19.3. The van der Waals surface area contributed by atoms with Crippen molar-refractivity contribution >= 4 is 17.9 Å². The van der Waals surface area contributed by atoms with E-state index in [1.807, 2.05) is 0 Å². The Balaban J connectivity index is 2.52. The first kappa shape index (κ1) is 19.3. The molecule has 1 fully saturated rings. The maximum Gasteiger partial charge on any atom is 0.365 e. The molecule has 3 amide bonds. The lowest BCUT2D eigenvalue weighted by Crippen LogP contribution is -2.62. The molecule has 7 nitrogen and oxygen atoms in total. The summed E-state index contributed by atoms with van der Waals surface area (Å²) in [4.78, 5) is 39.4. The Morgan fingerprint density at radius 3 is 2.43 bits per heavy atom. The van der Waals surface area contributed by atoms with Gasteiger partial charge in [-0.3, -0.25) is 14.6 Å². The second kappa shape index (κ2) is 10.1. The minimum Gasteiger partial charge on any atom is -0.357 e. The third-order valence-corrected chi connectivity index (χ3v) is 3.79. The van der Waals surface area contributed by atoms with Gasteiger partial charge in [0.2, 0.25) is 5.91 Å². The third-order valence-electron chi connectivity index (χ3n) is 3.79. The fourth-order valence-corrected chi connectivity index (χ4v) is 2.48. The number of nitrogens with one attached hydrogen (secondary N) is 1. The van der Waals surface area contributed by atoms with Gasteiger partial charge in [-0.05, 0) is 13.3 Å². The van der Waals surface area contributed by atoms with E-state index in [1.165, 1.54) is 6.42 Å². The lowest BCUT2D eigenvalue weighted by molar-refractivity contribution is -0.198. The van der Waals surface area contributed by atoms with E-state index in [9.17, 15) is 18.9 Å². The van der Waals surface area contributed by atoms with Crippen LogP contribution in [0.2, 0.25) is 0 Å². The van der Waals surface area contributed by atoms with E-state index < -0.39 is 30.1 Å². The van der Waals surface area contributed by atoms with Crippen molar-refractivity contribution < 1.29 is 28.6 Å². The molecule has 2 atom stereocenters. The highest BCUT2D eigenvalue weighted by molar-refractivity contribution is 6.07. The number of urea groups is 1. The minimum atomic E-state index is -1.52. The molecule has 0 aliphatic carbocycles. The Hall–Kier alpha value is -1.70. The summed E-state index contributed by atoms with van der Waals surface area (Å²) in [6.07, 6.45) is 5.06. The summed E-state index contributed by atoms with van der Waals surface area (Å²) in [5.74, 6) is -3.69. The number of amides is 3. The number of halogens is 1. The molecule has 1 aliphatic rings. The van der Waals surface area contributed by atoms with E-state index in [0.717, 1.165) is 37.0 Å². The van der Waals surface area contributed by atoms with Crippen molar-refractivity contribution in [2.24, 2.45) is 5.92 Å². The Morgan fingerprint density at radius 2 is 1.83 bits per heavy atom. The number of carbonyl (C=O) groups is 3. The molecule has 1 rings (SSSR count). The van der Waals surface area contributed by atoms with Crippen LogP contribution >= 0.6 is 0 Å². The van der Waals surface area contributed by atoms with Crippen LogP contribution in [-0.2, 0) is 19.3 Å². The summed E-state index contributed by atoms with van der Waals surface area (Å²) in [5, 5.41) is 2.40. The molecule has 0 bridgehead atoms. The zero-order valence-corrected chi connectivity index (χ0v) is 13.7. The van der Waals surface area contributed by atoms with E-state index in [2.05, 4.69) is 17.2 Å². The van der Waals surface area contributed by atoms with Gasteiger partial charge in [0, 0.05) is 17.7 Å². The molecule has 0 aromatic heterocycles. The highest BCUT2D eigenvalue weighted by Crippen LogP contribution is 2.19. The zero-order chi connectivity index (χ0) is 17.2. The van der Waals surface area contributed by atoms with E-state index in [1.54, 1.807) is 6.92 Å². The van der Waals surface area contributed by atoms with Gasteiger partial charge in [0.1, 0.15) is 0 Å². The molecule has 2 unspecified atom stereocenters. The van der Waals surface area contributed by atoms with Crippen molar-refractivity contribution in [3.63, 3.8) is 0 Å². The van der Waals surface area contributed by atoms with Crippen LogP contribution in [0.25, 0.3) is 0 Å². The van der Waals surface area contributed by atoms with Crippen LogP contribution in [0.1, 0.15) is 52.4 Å². The zero-order valence-electron chi connectivity index (χ0n) is 13.7. The van der Waals surface area contributed by atoms with Gasteiger partial charge >= 0.3 is 12.0 Å². The van der Waals surface area contributed by atoms with Gasteiger partial charge in [0.05, 0.1) is 0 Å². The van der Waals surface area contributed by atoms with Gasteiger partial charge in [-0.2, -0.15) is 0 Å². The number of hydrogen-bond acceptors (Lipinski definition) is 5. The molecular weight excluding hydrogens is 307 g/mol. The Kier molecular flexibility index (Phi) is 8.53. The van der Waals surface area contributed by atoms with Crippen molar-refractivity contribution in [1.29, 1.82) is 0 Å². The molecule has 23 heavy (non-hydrogen) atoms. The van der Waals surface area contributed by atoms with Crippen LogP contribution < -0.4 is 5.32 Å². The summed E-state index contributed by atoms with van der Waals surface area (Å²) in [5.41, 5.74) is 0. The van der Waals surface area contributed by atoms with Crippen LogP contribution in [-0.4, -0.2) is 42.2 Å². The number of hydrogen-bond donors (Lipinski definition) is 1. The van der Waals surface area contributed by atoms with Crippen molar-refractivity contribution in [2.75, 3.05) is 13.2 Å². The van der Waals surface area contributed by atoms with Gasteiger partial charge < -0.3 is 10.1 Å². The molecule has 0 saturated carbocycles. The normalized spacial score (nSPS) is 21.3. The minimum absolute atomic E-state index is 0.0743. The molecule has 1 saturated heterocycles. The Labute approximate surface area is 135 Å². The SMILES string of the molecule is CCCCCCCCOC1NC(=O)N(CC)C(=O)C1C(=O)OF. The Morgan fingerprint density at radius 1 is 1.17 bits per heavy atom. The summed E-state index contributed by atoms with van der Waals surface area (Å²) in [7, 11) is 0. The lowest BCUT2D eigenvalue weighted by Gasteiger charge is -2.34. The number of unbranched alkanes of at least 4 members (excludes halogenated alkanes) is 5. The average molecular weight is 332 g/mol. The molecule has 0 aromatic carbocycles. The van der Waals surface area contributed by atoms with Crippen molar-refractivity contribution in [3.05, 3.63) is 0 Å². The maximum atomic E-state index is 12.2. The molecule has 0 spiro atoms. The van der Waals surface area contributed by atoms with Crippen molar-refractivity contribution in [1.82, 2.24) is 10.2 Å². The molecule has 1 N–H and O–H groups in total. The second-order valence-electron chi connectivity index (χ2n) is 5.47. The predicted octanol–water partition coefficient (Wildman–Crippen LogP) is 2.31. The van der Waals surface area contributed by atoms with E-state index in [0.29, 0.717) is 0 Å².